The standard InChI is InChI=1S/C32H35N3O5/c1-4-22-40-31(38)32(23-12-6-5-7-13-23)18-17-25(24-14-8-9-16-27(24)32)30(37)35(2)21-11-20-33-28(36)26-15-10-19-34-29(26)39-3/h4-10,12-16,19,25H,1,11,17-18,20-22H2,2-3H3,(H,33,36)/t25-,32+/m1/s1. The molecule has 1 N–H and O–H groups in total. The number of carbonyl (C=O) groups excluding carboxylic acids is 3. The van der Waals surface area contributed by atoms with Gasteiger partial charge in [0, 0.05) is 26.3 Å². The van der Waals surface area contributed by atoms with E-state index >= 15 is 0 Å². The van der Waals surface area contributed by atoms with Crippen molar-refractivity contribution in [3.63, 3.8) is 0 Å². The van der Waals surface area contributed by atoms with Crippen LogP contribution in [0.1, 0.15) is 52.2 Å². The first-order valence-electron chi connectivity index (χ1n) is 13.4. The fraction of sp³-hybridized carbons (Fsp3) is 0.312. The first-order valence-corrected chi connectivity index (χ1v) is 13.4. The molecule has 1 aromatic heterocycles. The van der Waals surface area contributed by atoms with Crippen molar-refractivity contribution >= 4 is 17.8 Å². The van der Waals surface area contributed by atoms with Crippen molar-refractivity contribution in [2.24, 2.45) is 0 Å². The summed E-state index contributed by atoms with van der Waals surface area (Å²) in [7, 11) is 3.24. The van der Waals surface area contributed by atoms with E-state index in [4.69, 9.17) is 9.47 Å². The molecule has 1 heterocycles. The predicted molar refractivity (Wildman–Crippen MR) is 152 cm³/mol. The third kappa shape index (κ3) is 5.76. The molecule has 0 radical (unpaired) electrons. The van der Waals surface area contributed by atoms with E-state index in [-0.39, 0.29) is 36.2 Å². The Hall–Kier alpha value is -4.46. The minimum Gasteiger partial charge on any atom is -0.480 e. The maximum absolute atomic E-state index is 13.7. The van der Waals surface area contributed by atoms with Crippen molar-refractivity contribution in [2.45, 2.75) is 30.6 Å². The number of methoxy groups -OCH3 is 1. The Morgan fingerprint density at radius 2 is 1.85 bits per heavy atom. The molecule has 8 nitrogen and oxygen atoms in total. The van der Waals surface area contributed by atoms with Gasteiger partial charge in [-0.25, -0.2) is 4.98 Å². The lowest BCUT2D eigenvalue weighted by molar-refractivity contribution is -0.149. The van der Waals surface area contributed by atoms with Crippen LogP contribution in [-0.2, 0) is 19.7 Å². The second-order valence-electron chi connectivity index (χ2n) is 9.77. The van der Waals surface area contributed by atoms with Crippen molar-refractivity contribution < 1.29 is 23.9 Å². The molecular weight excluding hydrogens is 506 g/mol. The topological polar surface area (TPSA) is 97.8 Å². The highest BCUT2D eigenvalue weighted by atomic mass is 16.5. The number of hydrogen-bond acceptors (Lipinski definition) is 6. The van der Waals surface area contributed by atoms with Gasteiger partial charge in [0.25, 0.3) is 5.91 Å². The summed E-state index contributed by atoms with van der Waals surface area (Å²) in [6, 6.07) is 20.6. The van der Waals surface area contributed by atoms with Gasteiger partial charge in [0.15, 0.2) is 0 Å². The molecule has 2 atom stereocenters. The molecule has 2 amide bonds. The maximum atomic E-state index is 13.7. The lowest BCUT2D eigenvalue weighted by Crippen LogP contribution is -2.45. The Kier molecular flexibility index (Phi) is 9.32. The van der Waals surface area contributed by atoms with Gasteiger partial charge >= 0.3 is 5.97 Å². The number of fused-ring (bicyclic) bond motifs is 1. The number of aromatic nitrogens is 1. The molecule has 4 rings (SSSR count). The predicted octanol–water partition coefficient (Wildman–Crippen LogP) is 4.26. The van der Waals surface area contributed by atoms with Gasteiger partial charge in [0.1, 0.15) is 17.6 Å². The summed E-state index contributed by atoms with van der Waals surface area (Å²) < 4.78 is 10.8. The van der Waals surface area contributed by atoms with Gasteiger partial charge in [0.05, 0.1) is 13.0 Å². The lowest BCUT2D eigenvalue weighted by Gasteiger charge is -2.41. The van der Waals surface area contributed by atoms with E-state index in [1.54, 1.807) is 36.4 Å². The molecule has 0 bridgehead atoms. The normalized spacial score (nSPS) is 17.7. The number of pyridine rings is 1. The van der Waals surface area contributed by atoms with Crippen LogP contribution in [0, 0.1) is 0 Å². The molecule has 0 aliphatic heterocycles. The lowest BCUT2D eigenvalue weighted by atomic mass is 9.63. The van der Waals surface area contributed by atoms with E-state index in [1.807, 2.05) is 54.6 Å². The van der Waals surface area contributed by atoms with Gasteiger partial charge in [-0.05, 0) is 48.1 Å². The van der Waals surface area contributed by atoms with Crippen LogP contribution in [0.5, 0.6) is 5.88 Å². The minimum atomic E-state index is -1.01. The van der Waals surface area contributed by atoms with Gasteiger partial charge in [-0.1, -0.05) is 67.3 Å². The smallest absolute Gasteiger partial charge is 0.321 e. The number of hydrogen-bond donors (Lipinski definition) is 1. The molecule has 8 heteroatoms. The monoisotopic (exact) mass is 541 g/mol. The van der Waals surface area contributed by atoms with Crippen LogP contribution >= 0.6 is 0 Å². The molecule has 1 aliphatic rings. The summed E-state index contributed by atoms with van der Waals surface area (Å²) in [6.07, 6.45) is 4.63. The molecule has 0 saturated carbocycles. The zero-order chi connectivity index (χ0) is 28.5. The van der Waals surface area contributed by atoms with Crippen LogP contribution in [0.3, 0.4) is 0 Å². The zero-order valence-electron chi connectivity index (χ0n) is 23.0. The molecule has 40 heavy (non-hydrogen) atoms. The quantitative estimate of drug-likeness (QED) is 0.221. The van der Waals surface area contributed by atoms with E-state index in [9.17, 15) is 14.4 Å². The molecular formula is C32H35N3O5. The Bertz CT molecular complexity index is 1360. The van der Waals surface area contributed by atoms with Gasteiger partial charge in [-0.15, -0.1) is 0 Å². The molecule has 208 valence electrons. The van der Waals surface area contributed by atoms with Crippen LogP contribution in [0.15, 0.2) is 85.6 Å². The largest absolute Gasteiger partial charge is 0.480 e. The number of benzene rings is 2. The third-order valence-corrected chi connectivity index (χ3v) is 7.39. The number of nitrogens with one attached hydrogen (secondary N) is 1. The van der Waals surface area contributed by atoms with Crippen molar-refractivity contribution in [2.75, 3.05) is 33.9 Å². The Morgan fingerprint density at radius 1 is 1.10 bits per heavy atom. The van der Waals surface area contributed by atoms with Crippen LogP contribution < -0.4 is 10.1 Å². The fourth-order valence-electron chi connectivity index (χ4n) is 5.42. The van der Waals surface area contributed by atoms with E-state index < -0.39 is 5.41 Å². The number of rotatable bonds is 11. The highest BCUT2D eigenvalue weighted by Gasteiger charge is 2.49. The summed E-state index contributed by atoms with van der Waals surface area (Å²) >= 11 is 0. The summed E-state index contributed by atoms with van der Waals surface area (Å²) in [6.45, 7) is 4.65. The third-order valence-electron chi connectivity index (χ3n) is 7.39. The van der Waals surface area contributed by atoms with Gasteiger partial charge in [0.2, 0.25) is 11.8 Å². The molecule has 1 aliphatic carbocycles. The number of carbonyl (C=O) groups is 3. The van der Waals surface area contributed by atoms with E-state index in [0.717, 1.165) is 16.7 Å². The number of ether oxygens (including phenoxy) is 2. The van der Waals surface area contributed by atoms with Crippen molar-refractivity contribution in [1.82, 2.24) is 15.2 Å². The first kappa shape index (κ1) is 28.5. The highest BCUT2D eigenvalue weighted by Crippen LogP contribution is 2.48. The van der Waals surface area contributed by atoms with Crippen LogP contribution in [-0.4, -0.2) is 61.5 Å². The minimum absolute atomic E-state index is 0.0196. The Labute approximate surface area is 235 Å². The van der Waals surface area contributed by atoms with Crippen molar-refractivity contribution in [3.8, 4) is 5.88 Å². The first-order chi connectivity index (χ1) is 19.4. The highest BCUT2D eigenvalue weighted by molar-refractivity contribution is 5.96. The molecule has 3 aromatic rings. The average molecular weight is 542 g/mol. The van der Waals surface area contributed by atoms with Crippen molar-refractivity contribution in [3.05, 3.63) is 108 Å². The molecule has 0 unspecified atom stereocenters. The number of nitrogens with zero attached hydrogens (tertiary/aromatic N) is 2. The van der Waals surface area contributed by atoms with E-state index in [2.05, 4.69) is 16.9 Å². The zero-order valence-corrected chi connectivity index (χ0v) is 23.0. The summed E-state index contributed by atoms with van der Waals surface area (Å²) in [5.74, 6) is -0.761. The fourth-order valence-corrected chi connectivity index (χ4v) is 5.42. The van der Waals surface area contributed by atoms with E-state index in [0.29, 0.717) is 37.9 Å². The van der Waals surface area contributed by atoms with Crippen LogP contribution in [0.25, 0.3) is 0 Å². The molecule has 0 spiro atoms. The summed E-state index contributed by atoms with van der Waals surface area (Å²) in [4.78, 5) is 45.6. The number of amides is 2. The van der Waals surface area contributed by atoms with Crippen LogP contribution in [0.2, 0.25) is 0 Å². The number of esters is 1. The maximum Gasteiger partial charge on any atom is 0.321 e. The van der Waals surface area contributed by atoms with E-state index in [1.165, 1.54) is 7.11 Å². The SMILES string of the molecule is C=CCOC(=O)[C@]1(c2ccccc2)CC[C@@H](C(=O)N(C)CCCNC(=O)c2cccnc2OC)c2ccccc21. The second kappa shape index (κ2) is 13.1. The molecule has 2 aromatic carbocycles. The number of likely N-dealkylation sites (N-methyl/N-ethyl adjacent to an activating group) is 1. The van der Waals surface area contributed by atoms with Gasteiger partial charge < -0.3 is 19.7 Å². The van der Waals surface area contributed by atoms with Crippen LogP contribution in [0.4, 0.5) is 0 Å². The molecule has 0 saturated heterocycles. The van der Waals surface area contributed by atoms with Gasteiger partial charge in [-0.3, -0.25) is 14.4 Å². The van der Waals surface area contributed by atoms with Crippen molar-refractivity contribution in [1.29, 1.82) is 0 Å². The Morgan fingerprint density at radius 3 is 2.60 bits per heavy atom. The Balaban J connectivity index is 1.48. The van der Waals surface area contributed by atoms with Gasteiger partial charge in [-0.2, -0.15) is 0 Å². The second-order valence-corrected chi connectivity index (χ2v) is 9.77. The summed E-state index contributed by atoms with van der Waals surface area (Å²) in [5.41, 5.74) is 1.83. The average Bonchev–Trinajstić information content (AvgIpc) is 3.01. The summed E-state index contributed by atoms with van der Waals surface area (Å²) in [5, 5.41) is 2.87. The molecule has 0 fully saturated rings.